The summed E-state index contributed by atoms with van der Waals surface area (Å²) in [5.74, 6) is -3.14. The third kappa shape index (κ3) is 5.60. The Bertz CT molecular complexity index is 962. The van der Waals surface area contributed by atoms with Crippen LogP contribution in [-0.2, 0) is 34.5 Å². The third-order valence-corrected chi connectivity index (χ3v) is 7.99. The van der Waals surface area contributed by atoms with E-state index in [-0.39, 0.29) is 24.5 Å². The van der Waals surface area contributed by atoms with Crippen molar-refractivity contribution < 1.29 is 18.3 Å². The van der Waals surface area contributed by atoms with Gasteiger partial charge in [-0.15, -0.1) is 16.4 Å². The molecule has 1 unspecified atom stereocenters. The number of aryl methyl sites for hydroxylation is 1. The van der Waals surface area contributed by atoms with Crippen LogP contribution >= 0.6 is 11.3 Å². The zero-order chi connectivity index (χ0) is 23.6. The van der Waals surface area contributed by atoms with Gasteiger partial charge in [-0.1, -0.05) is 12.1 Å². The highest BCUT2D eigenvalue weighted by atomic mass is 32.1. The molecule has 0 aliphatic carbocycles. The summed E-state index contributed by atoms with van der Waals surface area (Å²) in [6.45, 7) is 7.93. The number of rotatable bonds is 8. The number of ether oxygens (including phenoxy) is 1. The Labute approximate surface area is 197 Å². The number of carbonyl (C=O) groups excluding carboxylic acids is 1. The smallest absolute Gasteiger partial charge is 0.247 e. The maximum atomic E-state index is 12.9. The number of thiophene rings is 1. The summed E-state index contributed by atoms with van der Waals surface area (Å²) >= 11 is 1.94. The molecule has 0 bridgehead atoms. The number of piperidine rings is 1. The first-order valence-electron chi connectivity index (χ1n) is 11.7. The van der Waals surface area contributed by atoms with Gasteiger partial charge in [-0.2, -0.15) is 0 Å². The highest BCUT2D eigenvalue weighted by molar-refractivity contribution is 7.12. The molecule has 1 saturated heterocycles. The Morgan fingerprint density at radius 2 is 2.15 bits per heavy atom. The lowest BCUT2D eigenvalue weighted by atomic mass is 9.82. The van der Waals surface area contributed by atoms with Crippen molar-refractivity contribution in [3.8, 4) is 0 Å². The van der Waals surface area contributed by atoms with E-state index >= 15 is 0 Å². The molecule has 1 amide bonds. The van der Waals surface area contributed by atoms with Crippen LogP contribution in [0, 0.1) is 0 Å². The summed E-state index contributed by atoms with van der Waals surface area (Å²) in [5.41, 5.74) is 2.04. The number of likely N-dealkylation sites (tertiary alicyclic amines) is 1. The van der Waals surface area contributed by atoms with Crippen molar-refractivity contribution in [2.75, 3.05) is 26.2 Å². The number of alkyl halides is 2. The number of hydrogen-bond acceptors (Lipinski definition) is 6. The van der Waals surface area contributed by atoms with Crippen molar-refractivity contribution in [2.45, 2.75) is 77.0 Å². The van der Waals surface area contributed by atoms with Crippen LogP contribution in [-0.4, -0.2) is 58.0 Å². The average Bonchev–Trinajstić information content (AvgIpc) is 3.42. The van der Waals surface area contributed by atoms with Crippen LogP contribution in [0.2, 0.25) is 0 Å². The van der Waals surface area contributed by atoms with Gasteiger partial charge in [-0.25, -0.2) is 13.5 Å². The zero-order valence-corrected chi connectivity index (χ0v) is 20.4. The molecule has 0 aromatic carbocycles. The Kier molecular flexibility index (Phi) is 7.16. The number of halogens is 2. The van der Waals surface area contributed by atoms with Gasteiger partial charge in [-0.05, 0) is 44.7 Å². The van der Waals surface area contributed by atoms with Crippen molar-refractivity contribution in [3.63, 3.8) is 0 Å². The summed E-state index contributed by atoms with van der Waals surface area (Å²) in [6, 6.07) is 1.75. The lowest BCUT2D eigenvalue weighted by Crippen LogP contribution is -2.45. The predicted molar refractivity (Wildman–Crippen MR) is 123 cm³/mol. The normalized spacial score (nSPS) is 19.4. The molecule has 4 rings (SSSR count). The minimum absolute atomic E-state index is 0.0720. The second kappa shape index (κ2) is 9.76. The van der Waals surface area contributed by atoms with E-state index < -0.39 is 12.0 Å². The standard InChI is InChI=1S/C23H33F2N5O2S/c1-4-18-13-19-20(33-18)5-12-32-23(19)7-10-29(11-8-23)14-17-15-30(28-27-17)16(2)21(31)26-9-6-22(3,24)25/h13,15-16H,4-12,14H2,1-3H3,(H,26,31). The summed E-state index contributed by atoms with van der Waals surface area (Å²) in [5, 5.41) is 10.9. The number of hydrogen-bond donors (Lipinski definition) is 1. The van der Waals surface area contributed by atoms with Gasteiger partial charge >= 0.3 is 0 Å². The van der Waals surface area contributed by atoms with Crippen LogP contribution in [0.3, 0.4) is 0 Å². The number of nitrogens with one attached hydrogen (secondary N) is 1. The van der Waals surface area contributed by atoms with E-state index in [1.54, 1.807) is 13.1 Å². The minimum Gasteiger partial charge on any atom is -0.370 e. The van der Waals surface area contributed by atoms with Crippen molar-refractivity contribution in [1.82, 2.24) is 25.2 Å². The summed E-state index contributed by atoms with van der Waals surface area (Å²) in [6.07, 6.45) is 5.37. The second-order valence-electron chi connectivity index (χ2n) is 9.25. The van der Waals surface area contributed by atoms with E-state index in [0.717, 1.165) is 58.0 Å². The van der Waals surface area contributed by atoms with E-state index in [1.807, 2.05) is 11.3 Å². The minimum atomic E-state index is -2.80. The van der Waals surface area contributed by atoms with Gasteiger partial charge in [0.1, 0.15) is 6.04 Å². The van der Waals surface area contributed by atoms with Gasteiger partial charge in [0.15, 0.2) is 0 Å². The van der Waals surface area contributed by atoms with Gasteiger partial charge in [0.2, 0.25) is 11.8 Å². The molecule has 0 saturated carbocycles. The number of fused-ring (bicyclic) bond motifs is 2. The Hall–Kier alpha value is -1.91. The maximum absolute atomic E-state index is 12.9. The fourth-order valence-corrected chi connectivity index (χ4v) is 5.79. The molecule has 1 fully saturated rings. The SMILES string of the molecule is CCc1cc2c(s1)CCOC21CCN(Cc2cn(C(C)C(=O)NCCC(C)(F)F)nn2)CC1. The first kappa shape index (κ1) is 24.2. The highest BCUT2D eigenvalue weighted by Gasteiger charge is 2.41. The second-order valence-corrected chi connectivity index (χ2v) is 10.5. The van der Waals surface area contributed by atoms with Crippen LogP contribution < -0.4 is 5.32 Å². The topological polar surface area (TPSA) is 72.3 Å². The maximum Gasteiger partial charge on any atom is 0.247 e. The first-order valence-corrected chi connectivity index (χ1v) is 12.6. The molecule has 182 valence electrons. The number of carbonyl (C=O) groups is 1. The number of aromatic nitrogens is 3. The Balaban J connectivity index is 1.31. The predicted octanol–water partition coefficient (Wildman–Crippen LogP) is 3.69. The van der Waals surface area contributed by atoms with Gasteiger partial charge < -0.3 is 10.1 Å². The molecule has 33 heavy (non-hydrogen) atoms. The van der Waals surface area contributed by atoms with E-state index in [9.17, 15) is 13.6 Å². The van der Waals surface area contributed by atoms with Gasteiger partial charge in [0.05, 0.1) is 24.1 Å². The van der Waals surface area contributed by atoms with Crippen molar-refractivity contribution in [1.29, 1.82) is 0 Å². The van der Waals surface area contributed by atoms with Crippen LogP contribution in [0.4, 0.5) is 8.78 Å². The molecule has 1 spiro atoms. The highest BCUT2D eigenvalue weighted by Crippen LogP contribution is 2.44. The van der Waals surface area contributed by atoms with Gasteiger partial charge in [0.25, 0.3) is 0 Å². The van der Waals surface area contributed by atoms with Crippen LogP contribution in [0.25, 0.3) is 0 Å². The Morgan fingerprint density at radius 1 is 1.39 bits per heavy atom. The molecule has 0 radical (unpaired) electrons. The van der Waals surface area contributed by atoms with E-state index in [2.05, 4.69) is 33.5 Å². The molecular formula is C23H33F2N5O2S. The average molecular weight is 482 g/mol. The molecule has 2 aliphatic heterocycles. The molecule has 1 atom stereocenters. The monoisotopic (exact) mass is 481 g/mol. The third-order valence-electron chi connectivity index (χ3n) is 6.65. The zero-order valence-electron chi connectivity index (χ0n) is 19.6. The van der Waals surface area contributed by atoms with Crippen LogP contribution in [0.1, 0.15) is 67.1 Å². The lowest BCUT2D eigenvalue weighted by Gasteiger charge is -2.44. The number of amides is 1. The van der Waals surface area contributed by atoms with E-state index in [1.165, 1.54) is 20.0 Å². The fourth-order valence-electron chi connectivity index (χ4n) is 4.61. The van der Waals surface area contributed by atoms with Crippen molar-refractivity contribution in [3.05, 3.63) is 33.3 Å². The van der Waals surface area contributed by atoms with Crippen molar-refractivity contribution in [2.24, 2.45) is 0 Å². The number of nitrogens with zero attached hydrogens (tertiary/aromatic N) is 4. The van der Waals surface area contributed by atoms with Gasteiger partial charge in [0, 0.05) is 48.8 Å². The molecular weight excluding hydrogens is 448 g/mol. The summed E-state index contributed by atoms with van der Waals surface area (Å²) < 4.78 is 33.7. The van der Waals surface area contributed by atoms with Gasteiger partial charge in [-0.3, -0.25) is 9.69 Å². The molecule has 2 aromatic heterocycles. The molecule has 2 aromatic rings. The van der Waals surface area contributed by atoms with E-state index in [4.69, 9.17) is 4.74 Å². The molecule has 1 N–H and O–H groups in total. The molecule has 10 heteroatoms. The lowest BCUT2D eigenvalue weighted by molar-refractivity contribution is -0.124. The molecule has 2 aliphatic rings. The van der Waals surface area contributed by atoms with Crippen LogP contribution in [0.15, 0.2) is 12.3 Å². The molecule has 4 heterocycles. The summed E-state index contributed by atoms with van der Waals surface area (Å²) in [7, 11) is 0. The fraction of sp³-hybridized carbons (Fsp3) is 0.696. The van der Waals surface area contributed by atoms with Crippen molar-refractivity contribution >= 4 is 17.2 Å². The van der Waals surface area contributed by atoms with E-state index in [0.29, 0.717) is 6.54 Å². The largest absolute Gasteiger partial charge is 0.370 e. The Morgan fingerprint density at radius 3 is 2.85 bits per heavy atom. The van der Waals surface area contributed by atoms with Crippen LogP contribution in [0.5, 0.6) is 0 Å². The molecule has 7 nitrogen and oxygen atoms in total. The first-order chi connectivity index (χ1) is 15.7. The quantitative estimate of drug-likeness (QED) is 0.623. The summed E-state index contributed by atoms with van der Waals surface area (Å²) in [4.78, 5) is 17.5.